The minimum absolute atomic E-state index is 0.506. The van der Waals surface area contributed by atoms with Gasteiger partial charge in [-0.3, -0.25) is 0 Å². The van der Waals surface area contributed by atoms with Crippen molar-refractivity contribution in [3.63, 3.8) is 0 Å². The highest BCUT2D eigenvalue weighted by Gasteiger charge is 2.30. The fourth-order valence-corrected chi connectivity index (χ4v) is 3.93. The maximum absolute atomic E-state index is 3.88. The van der Waals surface area contributed by atoms with Crippen LogP contribution in [0.4, 0.5) is 0 Å². The first kappa shape index (κ1) is 15.3. The van der Waals surface area contributed by atoms with Crippen molar-refractivity contribution in [1.82, 2.24) is 10.2 Å². The first-order chi connectivity index (χ1) is 8.95. The lowest BCUT2D eigenvalue weighted by molar-refractivity contribution is 0.153. The summed E-state index contributed by atoms with van der Waals surface area (Å²) in [5, 5.41) is 3.88. The maximum atomic E-state index is 3.88. The Hall–Kier alpha value is -0.0800. The van der Waals surface area contributed by atoms with E-state index in [9.17, 15) is 0 Å². The van der Waals surface area contributed by atoms with Crippen molar-refractivity contribution in [1.29, 1.82) is 0 Å². The molecule has 1 atom stereocenters. The van der Waals surface area contributed by atoms with Crippen LogP contribution >= 0.6 is 0 Å². The Labute approximate surface area is 120 Å². The van der Waals surface area contributed by atoms with E-state index in [1.54, 1.807) is 0 Å². The molecule has 0 aromatic heterocycles. The third kappa shape index (κ3) is 4.75. The second-order valence-electron chi connectivity index (χ2n) is 7.99. The molecule has 1 saturated heterocycles. The largest absolute Gasteiger partial charge is 0.310 e. The Morgan fingerprint density at radius 2 is 1.63 bits per heavy atom. The number of nitrogens with zero attached hydrogens (tertiary/aromatic N) is 1. The lowest BCUT2D eigenvalue weighted by Gasteiger charge is -2.38. The standard InChI is InChI=1S/C17H34N2/c1-14(13-19-11-5-6-12-19)18-16-9-7-15(8-10-16)17(2,3)4/h14-16,18H,5-13H2,1-4H3. The Kier molecular flexibility index (Phi) is 5.30. The van der Waals surface area contributed by atoms with E-state index in [0.29, 0.717) is 11.5 Å². The summed E-state index contributed by atoms with van der Waals surface area (Å²) in [5.41, 5.74) is 0.506. The number of hydrogen-bond acceptors (Lipinski definition) is 2. The van der Waals surface area contributed by atoms with E-state index >= 15 is 0 Å². The predicted octanol–water partition coefficient (Wildman–Crippen LogP) is 3.67. The zero-order valence-electron chi connectivity index (χ0n) is 13.5. The molecule has 2 aliphatic rings. The average molecular weight is 266 g/mol. The molecule has 1 N–H and O–H groups in total. The van der Waals surface area contributed by atoms with E-state index in [1.807, 2.05) is 0 Å². The molecule has 0 spiro atoms. The fourth-order valence-electron chi connectivity index (χ4n) is 3.93. The highest BCUT2D eigenvalue weighted by molar-refractivity contribution is 4.85. The van der Waals surface area contributed by atoms with Gasteiger partial charge in [0.05, 0.1) is 0 Å². The van der Waals surface area contributed by atoms with Gasteiger partial charge in [0.15, 0.2) is 0 Å². The lowest BCUT2D eigenvalue weighted by atomic mass is 9.71. The van der Waals surface area contributed by atoms with Crippen molar-refractivity contribution in [2.75, 3.05) is 19.6 Å². The molecule has 0 bridgehead atoms. The molecule has 1 aliphatic heterocycles. The quantitative estimate of drug-likeness (QED) is 0.835. The number of rotatable bonds is 4. The molecule has 0 radical (unpaired) electrons. The third-order valence-corrected chi connectivity index (χ3v) is 5.20. The van der Waals surface area contributed by atoms with Crippen LogP contribution in [0.3, 0.4) is 0 Å². The van der Waals surface area contributed by atoms with Crippen LogP contribution in [-0.2, 0) is 0 Å². The van der Waals surface area contributed by atoms with Crippen molar-refractivity contribution in [2.45, 2.75) is 78.3 Å². The zero-order valence-corrected chi connectivity index (χ0v) is 13.5. The van der Waals surface area contributed by atoms with E-state index < -0.39 is 0 Å². The Morgan fingerprint density at radius 3 is 2.16 bits per heavy atom. The highest BCUT2D eigenvalue weighted by atomic mass is 15.2. The second kappa shape index (κ2) is 6.58. The molecule has 1 heterocycles. The van der Waals surface area contributed by atoms with Crippen molar-refractivity contribution in [3.05, 3.63) is 0 Å². The minimum atomic E-state index is 0.506. The Balaban J connectivity index is 1.67. The average Bonchev–Trinajstić information content (AvgIpc) is 2.81. The van der Waals surface area contributed by atoms with E-state index in [4.69, 9.17) is 0 Å². The molecular weight excluding hydrogens is 232 g/mol. The molecule has 0 aromatic rings. The molecule has 2 fully saturated rings. The summed E-state index contributed by atoms with van der Waals surface area (Å²) in [4.78, 5) is 2.62. The number of hydrogen-bond donors (Lipinski definition) is 1. The van der Waals surface area contributed by atoms with Gasteiger partial charge in [0.1, 0.15) is 0 Å². The fraction of sp³-hybridized carbons (Fsp3) is 1.00. The molecule has 2 rings (SSSR count). The molecule has 1 aliphatic carbocycles. The van der Waals surface area contributed by atoms with Gasteiger partial charge in [0.25, 0.3) is 0 Å². The van der Waals surface area contributed by atoms with Gasteiger partial charge in [-0.2, -0.15) is 0 Å². The van der Waals surface area contributed by atoms with Gasteiger partial charge in [-0.25, -0.2) is 0 Å². The number of likely N-dealkylation sites (tertiary alicyclic amines) is 1. The summed E-state index contributed by atoms with van der Waals surface area (Å²) in [6.45, 7) is 13.5. The van der Waals surface area contributed by atoms with Crippen LogP contribution in [0, 0.1) is 11.3 Å². The first-order valence-electron chi connectivity index (χ1n) is 8.43. The van der Waals surface area contributed by atoms with Gasteiger partial charge in [-0.15, -0.1) is 0 Å². The van der Waals surface area contributed by atoms with Crippen LogP contribution in [0.2, 0.25) is 0 Å². The molecule has 0 amide bonds. The molecule has 0 aromatic carbocycles. The van der Waals surface area contributed by atoms with Crippen LogP contribution in [0.5, 0.6) is 0 Å². The third-order valence-electron chi connectivity index (χ3n) is 5.20. The van der Waals surface area contributed by atoms with Gasteiger partial charge >= 0.3 is 0 Å². The van der Waals surface area contributed by atoms with Gasteiger partial charge in [-0.05, 0) is 69.9 Å². The Morgan fingerprint density at radius 1 is 1.05 bits per heavy atom. The zero-order chi connectivity index (χ0) is 13.9. The predicted molar refractivity (Wildman–Crippen MR) is 83.5 cm³/mol. The van der Waals surface area contributed by atoms with E-state index in [0.717, 1.165) is 12.0 Å². The van der Waals surface area contributed by atoms with Crippen LogP contribution in [0.25, 0.3) is 0 Å². The molecule has 2 nitrogen and oxygen atoms in total. The van der Waals surface area contributed by atoms with E-state index in [2.05, 4.69) is 37.9 Å². The summed E-state index contributed by atoms with van der Waals surface area (Å²) in [6, 6.07) is 1.44. The van der Waals surface area contributed by atoms with Crippen LogP contribution in [0.15, 0.2) is 0 Å². The van der Waals surface area contributed by atoms with E-state index in [1.165, 1.54) is 58.2 Å². The molecule has 1 unspecified atom stereocenters. The highest BCUT2D eigenvalue weighted by Crippen LogP contribution is 2.37. The number of nitrogens with one attached hydrogen (secondary N) is 1. The summed E-state index contributed by atoms with van der Waals surface area (Å²) in [5.74, 6) is 0.930. The second-order valence-corrected chi connectivity index (χ2v) is 7.99. The summed E-state index contributed by atoms with van der Waals surface area (Å²) in [6.07, 6.45) is 8.40. The van der Waals surface area contributed by atoms with Crippen LogP contribution in [-0.4, -0.2) is 36.6 Å². The smallest absolute Gasteiger partial charge is 0.0169 e. The first-order valence-corrected chi connectivity index (χ1v) is 8.43. The topological polar surface area (TPSA) is 15.3 Å². The van der Waals surface area contributed by atoms with Gasteiger partial charge < -0.3 is 10.2 Å². The minimum Gasteiger partial charge on any atom is -0.310 e. The van der Waals surface area contributed by atoms with E-state index in [-0.39, 0.29) is 0 Å². The summed E-state index contributed by atoms with van der Waals surface area (Å²) in [7, 11) is 0. The molecule has 19 heavy (non-hydrogen) atoms. The molecule has 1 saturated carbocycles. The van der Waals surface area contributed by atoms with Crippen molar-refractivity contribution in [3.8, 4) is 0 Å². The Bertz CT molecular complexity index is 255. The van der Waals surface area contributed by atoms with Gasteiger partial charge in [-0.1, -0.05) is 20.8 Å². The van der Waals surface area contributed by atoms with Gasteiger partial charge in [0.2, 0.25) is 0 Å². The van der Waals surface area contributed by atoms with Crippen LogP contribution in [0.1, 0.15) is 66.2 Å². The van der Waals surface area contributed by atoms with Crippen molar-refractivity contribution in [2.24, 2.45) is 11.3 Å². The molecule has 112 valence electrons. The van der Waals surface area contributed by atoms with Crippen molar-refractivity contribution >= 4 is 0 Å². The monoisotopic (exact) mass is 266 g/mol. The summed E-state index contributed by atoms with van der Waals surface area (Å²) >= 11 is 0. The SMILES string of the molecule is CC(CN1CCCC1)NC1CCC(C(C)(C)C)CC1. The lowest BCUT2D eigenvalue weighted by Crippen LogP contribution is -2.45. The van der Waals surface area contributed by atoms with Crippen LogP contribution < -0.4 is 5.32 Å². The molecular formula is C17H34N2. The summed E-state index contributed by atoms with van der Waals surface area (Å²) < 4.78 is 0. The normalized spacial score (nSPS) is 31.6. The molecule has 2 heteroatoms. The van der Waals surface area contributed by atoms with Crippen molar-refractivity contribution < 1.29 is 0 Å². The van der Waals surface area contributed by atoms with Gasteiger partial charge in [0, 0.05) is 18.6 Å². The maximum Gasteiger partial charge on any atom is 0.0169 e.